The summed E-state index contributed by atoms with van der Waals surface area (Å²) in [6.45, 7) is 0. The molecule has 9 nitrogen and oxygen atoms in total. The van der Waals surface area contributed by atoms with Gasteiger partial charge in [-0.3, -0.25) is 19.2 Å². The third-order valence-electron chi connectivity index (χ3n) is 6.47. The molecule has 200 valence electrons. The summed E-state index contributed by atoms with van der Waals surface area (Å²) in [7, 11) is 0. The van der Waals surface area contributed by atoms with Gasteiger partial charge in [0, 0.05) is 41.6 Å². The molecule has 4 aromatic carbocycles. The fourth-order valence-corrected chi connectivity index (χ4v) is 4.48. The zero-order chi connectivity index (χ0) is 28.5. The average molecular weight is 544 g/mol. The van der Waals surface area contributed by atoms with Crippen LogP contribution in [0.4, 0.5) is 17.1 Å². The summed E-state index contributed by atoms with van der Waals surface area (Å²) in [4.78, 5) is 49.6. The van der Waals surface area contributed by atoms with Gasteiger partial charge < -0.3 is 15.2 Å². The van der Waals surface area contributed by atoms with Crippen molar-refractivity contribution in [2.75, 3.05) is 15.5 Å². The first-order valence-electron chi connectivity index (χ1n) is 12.5. The first-order valence-corrected chi connectivity index (χ1v) is 12.5. The van der Waals surface area contributed by atoms with Crippen LogP contribution < -0.4 is 25.0 Å². The number of carbonyl (C=O) groups excluding carboxylic acids is 4. The number of nitrogens with zero attached hydrogens (tertiary/aromatic N) is 2. The Bertz CT molecular complexity index is 1720. The van der Waals surface area contributed by atoms with Gasteiger partial charge in [0.05, 0.1) is 11.4 Å². The normalized spacial score (nSPS) is 14.3. The number of rotatable bonds is 7. The van der Waals surface area contributed by atoms with Crippen molar-refractivity contribution in [3.05, 3.63) is 115 Å². The minimum atomic E-state index is -0.381. The average Bonchev–Trinajstić information content (AvgIpc) is 3.49. The highest BCUT2D eigenvalue weighted by molar-refractivity contribution is 6.28. The number of anilines is 3. The molecule has 0 fully saturated rings. The standard InChI is InChI=1S/C32H21N3O6/c33-28-19-26(41-25-11-5-22(6-12-25)35-31(38)17-18-32(35)39)13-14-27(28)20-1-7-23(8-2-20)40-24-9-3-21(4-10-24)34-29(36)15-16-30(34)37/h1-19H,33H2. The Balaban J connectivity index is 1.10. The number of amides is 4. The maximum absolute atomic E-state index is 11.9. The van der Waals surface area contributed by atoms with Crippen LogP contribution in [-0.4, -0.2) is 23.6 Å². The van der Waals surface area contributed by atoms with Crippen molar-refractivity contribution in [3.63, 3.8) is 0 Å². The monoisotopic (exact) mass is 543 g/mol. The lowest BCUT2D eigenvalue weighted by atomic mass is 10.0. The van der Waals surface area contributed by atoms with E-state index in [-0.39, 0.29) is 23.6 Å². The van der Waals surface area contributed by atoms with Crippen LogP contribution in [0, 0.1) is 0 Å². The van der Waals surface area contributed by atoms with E-state index in [1.807, 2.05) is 30.3 Å². The molecule has 2 heterocycles. The van der Waals surface area contributed by atoms with Crippen molar-refractivity contribution in [1.82, 2.24) is 0 Å². The molecule has 4 aromatic rings. The first-order chi connectivity index (χ1) is 19.9. The van der Waals surface area contributed by atoms with Crippen molar-refractivity contribution < 1.29 is 28.7 Å². The van der Waals surface area contributed by atoms with Gasteiger partial charge in [-0.25, -0.2) is 9.80 Å². The minimum Gasteiger partial charge on any atom is -0.457 e. The van der Waals surface area contributed by atoms with Crippen molar-refractivity contribution in [2.24, 2.45) is 0 Å². The van der Waals surface area contributed by atoms with Crippen molar-refractivity contribution >= 4 is 40.7 Å². The Morgan fingerprint density at radius 1 is 0.463 bits per heavy atom. The molecule has 2 aliphatic rings. The van der Waals surface area contributed by atoms with E-state index in [0.717, 1.165) is 20.9 Å². The molecular weight excluding hydrogens is 522 g/mol. The van der Waals surface area contributed by atoms with Crippen LogP contribution in [0.2, 0.25) is 0 Å². The second kappa shape index (κ2) is 10.3. The Kier molecular flexibility index (Phi) is 6.37. The number of imide groups is 2. The molecule has 0 unspecified atom stereocenters. The molecule has 0 aliphatic carbocycles. The van der Waals surface area contributed by atoms with Crippen LogP contribution >= 0.6 is 0 Å². The molecule has 0 saturated heterocycles. The highest BCUT2D eigenvalue weighted by Gasteiger charge is 2.26. The molecule has 4 amide bonds. The van der Waals surface area contributed by atoms with Gasteiger partial charge in [0.1, 0.15) is 23.0 Å². The molecule has 2 N–H and O–H groups in total. The van der Waals surface area contributed by atoms with Gasteiger partial charge in [0.15, 0.2) is 0 Å². The number of benzene rings is 4. The minimum absolute atomic E-state index is 0.375. The first kappa shape index (κ1) is 25.3. The number of carbonyl (C=O) groups is 4. The number of nitrogens with two attached hydrogens (primary N) is 1. The van der Waals surface area contributed by atoms with Gasteiger partial charge >= 0.3 is 0 Å². The number of ether oxygens (including phenoxy) is 2. The van der Waals surface area contributed by atoms with Gasteiger partial charge in [-0.05, 0) is 78.4 Å². The highest BCUT2D eigenvalue weighted by atomic mass is 16.5. The summed E-state index contributed by atoms with van der Waals surface area (Å²) in [6, 6.07) is 26.1. The molecule has 0 bridgehead atoms. The van der Waals surface area contributed by atoms with E-state index < -0.39 is 0 Å². The summed E-state index contributed by atoms with van der Waals surface area (Å²) in [5, 5.41) is 0. The molecule has 9 heteroatoms. The van der Waals surface area contributed by atoms with Crippen LogP contribution in [0.1, 0.15) is 0 Å². The fraction of sp³-hybridized carbons (Fsp3) is 0. The Morgan fingerprint density at radius 3 is 1.24 bits per heavy atom. The molecule has 0 radical (unpaired) electrons. The molecule has 6 rings (SSSR count). The number of hydrogen-bond donors (Lipinski definition) is 1. The Labute approximate surface area is 234 Å². The van der Waals surface area contributed by atoms with E-state index in [1.165, 1.54) is 24.3 Å². The second-order valence-electron chi connectivity index (χ2n) is 9.16. The fourth-order valence-electron chi connectivity index (χ4n) is 4.48. The van der Waals surface area contributed by atoms with E-state index in [1.54, 1.807) is 60.7 Å². The second-order valence-corrected chi connectivity index (χ2v) is 9.16. The Hall–Kier alpha value is -5.96. The SMILES string of the molecule is Nc1cc(Oc2ccc(N3C(=O)C=CC3=O)cc2)ccc1-c1ccc(Oc2ccc(N3C(=O)C=CC3=O)cc2)cc1. The highest BCUT2D eigenvalue weighted by Crippen LogP contribution is 2.34. The lowest BCUT2D eigenvalue weighted by molar-refractivity contribution is -0.121. The third-order valence-corrected chi connectivity index (χ3v) is 6.47. The number of hydrogen-bond acceptors (Lipinski definition) is 7. The molecule has 0 saturated carbocycles. The number of nitrogen functional groups attached to an aromatic ring is 1. The van der Waals surface area contributed by atoms with E-state index in [4.69, 9.17) is 15.2 Å². The van der Waals surface area contributed by atoms with Gasteiger partial charge in [0.2, 0.25) is 0 Å². The molecular formula is C32H21N3O6. The lowest BCUT2D eigenvalue weighted by Crippen LogP contribution is -2.29. The van der Waals surface area contributed by atoms with Gasteiger partial charge in [0.25, 0.3) is 23.6 Å². The summed E-state index contributed by atoms with van der Waals surface area (Å²) < 4.78 is 11.8. The quantitative estimate of drug-likeness (QED) is 0.246. The van der Waals surface area contributed by atoms with Crippen LogP contribution in [0.25, 0.3) is 11.1 Å². The van der Waals surface area contributed by atoms with Gasteiger partial charge in [-0.15, -0.1) is 0 Å². The Morgan fingerprint density at radius 2 is 0.829 bits per heavy atom. The molecule has 0 spiro atoms. The molecule has 2 aliphatic heterocycles. The van der Waals surface area contributed by atoms with E-state index in [9.17, 15) is 19.2 Å². The lowest BCUT2D eigenvalue weighted by Gasteiger charge is -2.15. The largest absolute Gasteiger partial charge is 0.457 e. The van der Waals surface area contributed by atoms with Crippen LogP contribution in [-0.2, 0) is 19.2 Å². The van der Waals surface area contributed by atoms with E-state index >= 15 is 0 Å². The molecule has 0 atom stereocenters. The van der Waals surface area contributed by atoms with Crippen molar-refractivity contribution in [1.29, 1.82) is 0 Å². The van der Waals surface area contributed by atoms with Crippen LogP contribution in [0.5, 0.6) is 23.0 Å². The molecule has 41 heavy (non-hydrogen) atoms. The summed E-state index contributed by atoms with van der Waals surface area (Å²) in [6.07, 6.45) is 4.95. The van der Waals surface area contributed by atoms with Crippen LogP contribution in [0.3, 0.4) is 0 Å². The predicted octanol–water partition coefficient (Wildman–Crippen LogP) is 5.38. The predicted molar refractivity (Wildman–Crippen MR) is 153 cm³/mol. The maximum atomic E-state index is 11.9. The smallest absolute Gasteiger partial charge is 0.258 e. The zero-order valence-corrected chi connectivity index (χ0v) is 21.4. The summed E-state index contributed by atoms with van der Waals surface area (Å²) in [5.41, 5.74) is 9.48. The van der Waals surface area contributed by atoms with Crippen LogP contribution in [0.15, 0.2) is 115 Å². The van der Waals surface area contributed by atoms with Crippen molar-refractivity contribution in [3.8, 4) is 34.1 Å². The zero-order valence-electron chi connectivity index (χ0n) is 21.4. The topological polar surface area (TPSA) is 119 Å². The summed E-state index contributed by atoms with van der Waals surface area (Å²) >= 11 is 0. The third kappa shape index (κ3) is 5.07. The van der Waals surface area contributed by atoms with E-state index in [2.05, 4.69) is 0 Å². The van der Waals surface area contributed by atoms with Gasteiger partial charge in [-0.2, -0.15) is 0 Å². The van der Waals surface area contributed by atoms with E-state index in [0.29, 0.717) is 40.1 Å². The maximum Gasteiger partial charge on any atom is 0.258 e. The summed E-state index contributed by atoms with van der Waals surface area (Å²) in [5.74, 6) is 0.704. The van der Waals surface area contributed by atoms with Crippen molar-refractivity contribution in [2.45, 2.75) is 0 Å². The molecule has 0 aromatic heterocycles. The van der Waals surface area contributed by atoms with Gasteiger partial charge in [-0.1, -0.05) is 12.1 Å².